The van der Waals surface area contributed by atoms with Crippen LogP contribution in [0.3, 0.4) is 0 Å². The molecule has 0 radical (unpaired) electrons. The van der Waals surface area contributed by atoms with Crippen molar-refractivity contribution < 1.29 is 38.9 Å². The monoisotopic (exact) mass is 428 g/mol. The molecule has 0 aliphatic rings. The molecule has 3 atom stereocenters. The molecule has 0 saturated heterocycles. The molecule has 3 unspecified atom stereocenters. The number of Topliss-reactive ketones (excluding diaryl/α,β-unsaturated/α-hetero) is 2. The van der Waals surface area contributed by atoms with Gasteiger partial charge in [0.2, 0.25) is 11.6 Å². The van der Waals surface area contributed by atoms with E-state index in [2.05, 4.69) is 6.92 Å². The van der Waals surface area contributed by atoms with Crippen LogP contribution >= 0.6 is 0 Å². The Hall–Kier alpha value is -2.25. The molecule has 8 heteroatoms. The zero-order valence-electron chi connectivity index (χ0n) is 18.5. The van der Waals surface area contributed by atoms with Gasteiger partial charge in [-0.15, -0.1) is 0 Å². The molecule has 8 nitrogen and oxygen atoms in total. The van der Waals surface area contributed by atoms with Crippen LogP contribution in [-0.2, 0) is 28.7 Å². The van der Waals surface area contributed by atoms with Crippen molar-refractivity contribution in [2.45, 2.75) is 91.6 Å². The van der Waals surface area contributed by atoms with Crippen molar-refractivity contribution in [3.05, 3.63) is 0 Å². The number of carboxylic acids is 2. The van der Waals surface area contributed by atoms with Crippen LogP contribution in [0.5, 0.6) is 0 Å². The number of carbonyl (C=O) groups is 5. The van der Waals surface area contributed by atoms with E-state index in [9.17, 15) is 24.0 Å². The van der Waals surface area contributed by atoms with Crippen LogP contribution in [0.1, 0.15) is 85.5 Å². The highest BCUT2D eigenvalue weighted by molar-refractivity contribution is 6.34. The number of esters is 1. The Morgan fingerprint density at radius 1 is 0.767 bits per heavy atom. The van der Waals surface area contributed by atoms with Gasteiger partial charge in [-0.2, -0.15) is 0 Å². The van der Waals surface area contributed by atoms with Gasteiger partial charge in [0, 0.05) is 18.3 Å². The smallest absolute Gasteiger partial charge is 0.372 e. The second-order valence-corrected chi connectivity index (χ2v) is 8.15. The van der Waals surface area contributed by atoms with Crippen LogP contribution < -0.4 is 0 Å². The number of ketones is 2. The average molecular weight is 429 g/mol. The Morgan fingerprint density at radius 2 is 1.37 bits per heavy atom. The zero-order valence-corrected chi connectivity index (χ0v) is 18.5. The number of hydrogen-bond donors (Lipinski definition) is 2. The van der Waals surface area contributed by atoms with Crippen LogP contribution in [0.4, 0.5) is 0 Å². The molecule has 0 saturated carbocycles. The lowest BCUT2D eigenvalue weighted by molar-refractivity contribution is -0.152. The summed E-state index contributed by atoms with van der Waals surface area (Å²) in [6, 6.07) is 0. The Kier molecular flexibility index (Phi) is 13.6. The van der Waals surface area contributed by atoms with Crippen molar-refractivity contribution in [2.24, 2.45) is 17.8 Å². The predicted octanol–water partition coefficient (Wildman–Crippen LogP) is 3.64. The van der Waals surface area contributed by atoms with Crippen LogP contribution in [0, 0.1) is 17.8 Å². The molecule has 0 amide bonds. The maximum atomic E-state index is 12.0. The topological polar surface area (TPSA) is 135 Å². The van der Waals surface area contributed by atoms with E-state index in [1.807, 2.05) is 6.92 Å². The number of carboxylic acid groups (broad SMARTS) is 2. The van der Waals surface area contributed by atoms with Crippen molar-refractivity contribution in [3.63, 3.8) is 0 Å². The van der Waals surface area contributed by atoms with Gasteiger partial charge in [-0.25, -0.2) is 9.59 Å². The fourth-order valence-electron chi connectivity index (χ4n) is 3.40. The molecule has 172 valence electrons. The van der Waals surface area contributed by atoms with Crippen LogP contribution in [-0.4, -0.2) is 45.8 Å². The summed E-state index contributed by atoms with van der Waals surface area (Å²) in [5.41, 5.74) is 0. The van der Waals surface area contributed by atoms with Gasteiger partial charge in [-0.05, 0) is 51.4 Å². The summed E-state index contributed by atoms with van der Waals surface area (Å²) in [7, 11) is 0. The minimum Gasteiger partial charge on any atom is -0.475 e. The van der Waals surface area contributed by atoms with Gasteiger partial charge in [-0.3, -0.25) is 14.4 Å². The van der Waals surface area contributed by atoms with Crippen LogP contribution in [0.2, 0.25) is 0 Å². The molecule has 0 aromatic rings. The SMILES string of the molecule is CCCCCC(C)OC(=O)CCCC(CCC(C(=O)C(=O)O)C(C)C)C(=O)C(=O)O. The molecule has 0 spiro atoms. The quantitative estimate of drug-likeness (QED) is 0.204. The van der Waals surface area contributed by atoms with Gasteiger partial charge in [0.1, 0.15) is 0 Å². The van der Waals surface area contributed by atoms with Gasteiger partial charge in [0.05, 0.1) is 6.10 Å². The Balaban J connectivity index is 4.72. The van der Waals surface area contributed by atoms with Gasteiger partial charge in [-0.1, -0.05) is 33.6 Å². The lowest BCUT2D eigenvalue weighted by atomic mass is 9.82. The number of aliphatic carboxylic acids is 2. The van der Waals surface area contributed by atoms with E-state index < -0.39 is 35.3 Å². The van der Waals surface area contributed by atoms with E-state index >= 15 is 0 Å². The molecular weight excluding hydrogens is 392 g/mol. The van der Waals surface area contributed by atoms with Crippen molar-refractivity contribution in [3.8, 4) is 0 Å². The molecule has 0 aromatic heterocycles. The van der Waals surface area contributed by atoms with Gasteiger partial charge in [0.25, 0.3) is 0 Å². The fraction of sp³-hybridized carbons (Fsp3) is 0.773. The molecule has 0 aliphatic heterocycles. The molecule has 30 heavy (non-hydrogen) atoms. The fourth-order valence-corrected chi connectivity index (χ4v) is 3.40. The lowest BCUT2D eigenvalue weighted by Gasteiger charge is -2.20. The molecule has 0 aromatic carbocycles. The van der Waals surface area contributed by atoms with Gasteiger partial charge < -0.3 is 14.9 Å². The normalized spacial score (nSPS) is 14.0. The molecular formula is C22H36O8. The first kappa shape index (κ1) is 27.8. The summed E-state index contributed by atoms with van der Waals surface area (Å²) in [5, 5.41) is 18.0. The highest BCUT2D eigenvalue weighted by Gasteiger charge is 2.31. The number of ether oxygens (including phenoxy) is 1. The van der Waals surface area contributed by atoms with E-state index in [-0.39, 0.29) is 50.1 Å². The zero-order chi connectivity index (χ0) is 23.3. The molecule has 0 aliphatic carbocycles. The number of unbranched alkanes of at least 4 members (excludes halogenated alkanes) is 2. The Labute approximate surface area is 178 Å². The second-order valence-electron chi connectivity index (χ2n) is 8.15. The maximum absolute atomic E-state index is 12.0. The number of hydrogen-bond acceptors (Lipinski definition) is 6. The highest BCUT2D eigenvalue weighted by Crippen LogP contribution is 2.25. The summed E-state index contributed by atoms with van der Waals surface area (Å²) in [5.74, 6) is -7.34. The summed E-state index contributed by atoms with van der Waals surface area (Å²) in [6.45, 7) is 7.33. The summed E-state index contributed by atoms with van der Waals surface area (Å²) in [4.78, 5) is 57.9. The lowest BCUT2D eigenvalue weighted by Crippen LogP contribution is -2.30. The predicted molar refractivity (Wildman–Crippen MR) is 110 cm³/mol. The molecule has 0 fully saturated rings. The summed E-state index contributed by atoms with van der Waals surface area (Å²) in [6.07, 6.45) is 4.43. The Bertz CT molecular complexity index is 596. The number of rotatable bonds is 17. The maximum Gasteiger partial charge on any atom is 0.372 e. The van der Waals surface area contributed by atoms with Gasteiger partial charge in [0.15, 0.2) is 0 Å². The minimum absolute atomic E-state index is 0.0726. The van der Waals surface area contributed by atoms with E-state index in [1.165, 1.54) is 0 Å². The first-order valence-electron chi connectivity index (χ1n) is 10.7. The third-order valence-electron chi connectivity index (χ3n) is 5.24. The van der Waals surface area contributed by atoms with Crippen molar-refractivity contribution in [2.75, 3.05) is 0 Å². The van der Waals surface area contributed by atoms with Crippen molar-refractivity contribution in [1.82, 2.24) is 0 Å². The molecule has 2 N–H and O–H groups in total. The van der Waals surface area contributed by atoms with E-state index in [0.29, 0.717) is 0 Å². The molecule has 0 bridgehead atoms. The van der Waals surface area contributed by atoms with Crippen molar-refractivity contribution in [1.29, 1.82) is 0 Å². The largest absolute Gasteiger partial charge is 0.475 e. The molecule has 0 heterocycles. The average Bonchev–Trinajstić information content (AvgIpc) is 2.65. The number of carbonyl (C=O) groups excluding carboxylic acids is 3. The third-order valence-corrected chi connectivity index (χ3v) is 5.24. The van der Waals surface area contributed by atoms with Crippen LogP contribution in [0.25, 0.3) is 0 Å². The summed E-state index contributed by atoms with van der Waals surface area (Å²) < 4.78 is 5.32. The minimum atomic E-state index is -1.57. The van der Waals surface area contributed by atoms with E-state index in [4.69, 9.17) is 14.9 Å². The summed E-state index contributed by atoms with van der Waals surface area (Å²) >= 11 is 0. The van der Waals surface area contributed by atoms with E-state index in [1.54, 1.807) is 13.8 Å². The standard InChI is InChI=1S/C22H36O8/c1-5-6-7-9-15(4)30-18(23)11-8-10-16(19(24)21(26)27)12-13-17(14(2)3)20(25)22(28)29/h14-17H,5-13H2,1-4H3,(H,26,27)(H,28,29). The first-order chi connectivity index (χ1) is 14.0. The first-order valence-corrected chi connectivity index (χ1v) is 10.7. The molecule has 0 rings (SSSR count). The van der Waals surface area contributed by atoms with Gasteiger partial charge >= 0.3 is 17.9 Å². The van der Waals surface area contributed by atoms with Crippen molar-refractivity contribution >= 4 is 29.5 Å². The Morgan fingerprint density at radius 3 is 1.87 bits per heavy atom. The second kappa shape index (κ2) is 14.7. The third kappa shape index (κ3) is 11.1. The van der Waals surface area contributed by atoms with Crippen LogP contribution in [0.15, 0.2) is 0 Å². The highest BCUT2D eigenvalue weighted by atomic mass is 16.5. The van der Waals surface area contributed by atoms with E-state index in [0.717, 1.165) is 25.7 Å².